The second-order valence-electron chi connectivity index (χ2n) is 4.86. The van der Waals surface area contributed by atoms with Crippen molar-refractivity contribution in [2.75, 3.05) is 5.43 Å². The molecule has 1 aliphatic carbocycles. The number of rotatable bonds is 2. The zero-order valence-corrected chi connectivity index (χ0v) is 12.3. The molecule has 1 aliphatic rings. The Labute approximate surface area is 120 Å². The number of halogens is 1. The van der Waals surface area contributed by atoms with Crippen LogP contribution in [0.1, 0.15) is 37.3 Å². The molecule has 3 nitrogen and oxygen atoms in total. The normalized spacial score (nSPS) is 16.3. The molecule has 94 valence electrons. The number of para-hydroxylation sites is 1. The number of nitrogens with zero attached hydrogens (tertiary/aromatic N) is 1. The lowest BCUT2D eigenvalue weighted by Crippen LogP contribution is -2.09. The Morgan fingerprint density at radius 2 is 2.06 bits per heavy atom. The van der Waals surface area contributed by atoms with E-state index in [0.717, 1.165) is 16.6 Å². The maximum Gasteiger partial charge on any atom is 0.0860 e. The van der Waals surface area contributed by atoms with Crippen LogP contribution in [0.15, 0.2) is 24.3 Å². The molecule has 0 spiro atoms. The highest BCUT2D eigenvalue weighted by Gasteiger charge is 2.20. The Kier molecular flexibility index (Phi) is 3.39. The predicted molar refractivity (Wildman–Crippen MR) is 83.5 cm³/mol. The monoisotopic (exact) mass is 353 g/mol. The largest absolute Gasteiger partial charge is 0.323 e. The number of hydrazine groups is 1. The molecule has 3 N–H and O–H groups in total. The molecule has 0 radical (unpaired) electrons. The molecule has 1 aromatic carbocycles. The van der Waals surface area contributed by atoms with Gasteiger partial charge in [0.15, 0.2) is 0 Å². The summed E-state index contributed by atoms with van der Waals surface area (Å²) >= 11 is 2.34. The van der Waals surface area contributed by atoms with E-state index in [1.807, 2.05) is 6.07 Å². The third-order valence-electron chi connectivity index (χ3n) is 3.74. The smallest absolute Gasteiger partial charge is 0.0860 e. The molecule has 0 aliphatic heterocycles. The minimum absolute atomic E-state index is 0.609. The number of pyridine rings is 1. The van der Waals surface area contributed by atoms with Crippen LogP contribution in [0.4, 0.5) is 5.69 Å². The van der Waals surface area contributed by atoms with Crippen molar-refractivity contribution in [1.29, 1.82) is 0 Å². The second-order valence-corrected chi connectivity index (χ2v) is 6.02. The van der Waals surface area contributed by atoms with Crippen LogP contribution in [-0.2, 0) is 0 Å². The van der Waals surface area contributed by atoms with Gasteiger partial charge in [-0.2, -0.15) is 0 Å². The number of anilines is 1. The maximum absolute atomic E-state index is 5.65. The first kappa shape index (κ1) is 12.2. The van der Waals surface area contributed by atoms with Crippen molar-refractivity contribution in [2.45, 2.75) is 31.6 Å². The van der Waals surface area contributed by atoms with E-state index in [0.29, 0.717) is 5.92 Å². The Balaban J connectivity index is 2.19. The molecule has 18 heavy (non-hydrogen) atoms. The molecule has 2 aromatic rings. The van der Waals surface area contributed by atoms with Gasteiger partial charge in [-0.25, -0.2) is 0 Å². The van der Waals surface area contributed by atoms with Gasteiger partial charge in [0.1, 0.15) is 0 Å². The van der Waals surface area contributed by atoms with Gasteiger partial charge in [0.25, 0.3) is 0 Å². The number of benzene rings is 1. The van der Waals surface area contributed by atoms with Crippen LogP contribution in [0.3, 0.4) is 0 Å². The lowest BCUT2D eigenvalue weighted by Gasteiger charge is -2.13. The number of aromatic nitrogens is 1. The summed E-state index contributed by atoms with van der Waals surface area (Å²) in [4.78, 5) is 4.86. The summed E-state index contributed by atoms with van der Waals surface area (Å²) in [6.07, 6.45) is 5.15. The number of nitrogen functional groups attached to an aromatic ring is 1. The van der Waals surface area contributed by atoms with Gasteiger partial charge in [-0.15, -0.1) is 0 Å². The van der Waals surface area contributed by atoms with Gasteiger partial charge >= 0.3 is 0 Å². The van der Waals surface area contributed by atoms with Crippen molar-refractivity contribution in [3.05, 3.63) is 33.5 Å². The highest BCUT2D eigenvalue weighted by Crippen LogP contribution is 2.36. The number of fused-ring (bicyclic) bond motifs is 1. The molecule has 1 saturated carbocycles. The number of hydrogen-bond donors (Lipinski definition) is 2. The summed E-state index contributed by atoms with van der Waals surface area (Å²) in [5, 5.41) is 1.10. The zero-order valence-electron chi connectivity index (χ0n) is 10.1. The highest BCUT2D eigenvalue weighted by molar-refractivity contribution is 14.1. The first-order valence-electron chi connectivity index (χ1n) is 6.35. The minimum Gasteiger partial charge on any atom is -0.323 e. The molecule has 0 amide bonds. The van der Waals surface area contributed by atoms with Gasteiger partial charge in [0.2, 0.25) is 0 Å². The summed E-state index contributed by atoms with van der Waals surface area (Å²) in [6, 6.07) is 8.32. The summed E-state index contributed by atoms with van der Waals surface area (Å²) < 4.78 is 1.18. The van der Waals surface area contributed by atoms with Crippen LogP contribution in [0.2, 0.25) is 0 Å². The number of nitrogens with one attached hydrogen (secondary N) is 1. The second kappa shape index (κ2) is 5.01. The SMILES string of the molecule is NNc1cc(C2CCCC2)nc2c(I)cccc12. The van der Waals surface area contributed by atoms with Gasteiger partial charge < -0.3 is 5.43 Å². The van der Waals surface area contributed by atoms with E-state index in [9.17, 15) is 0 Å². The topological polar surface area (TPSA) is 50.9 Å². The molecule has 1 heterocycles. The fourth-order valence-corrected chi connectivity index (χ4v) is 3.40. The first-order chi connectivity index (χ1) is 8.79. The molecule has 1 aromatic heterocycles. The van der Waals surface area contributed by atoms with Gasteiger partial charge in [-0.1, -0.05) is 25.0 Å². The number of nitrogens with two attached hydrogens (primary N) is 1. The first-order valence-corrected chi connectivity index (χ1v) is 7.43. The van der Waals surface area contributed by atoms with E-state index in [2.05, 4.69) is 46.2 Å². The quantitative estimate of drug-likeness (QED) is 0.491. The molecule has 1 fully saturated rings. The van der Waals surface area contributed by atoms with E-state index in [-0.39, 0.29) is 0 Å². The third kappa shape index (κ3) is 2.07. The van der Waals surface area contributed by atoms with Crippen molar-refractivity contribution < 1.29 is 0 Å². The third-order valence-corrected chi connectivity index (χ3v) is 4.61. The van der Waals surface area contributed by atoms with Crippen molar-refractivity contribution in [1.82, 2.24) is 4.98 Å². The summed E-state index contributed by atoms with van der Waals surface area (Å²) in [5.41, 5.74) is 6.06. The Morgan fingerprint density at radius 1 is 1.28 bits per heavy atom. The van der Waals surface area contributed by atoms with Crippen LogP contribution in [0, 0.1) is 3.57 Å². The van der Waals surface area contributed by atoms with Crippen molar-refractivity contribution in [3.63, 3.8) is 0 Å². The van der Waals surface area contributed by atoms with Gasteiger partial charge in [0.05, 0.1) is 11.2 Å². The van der Waals surface area contributed by atoms with Crippen LogP contribution in [0.5, 0.6) is 0 Å². The molecular formula is C14H16IN3. The predicted octanol–water partition coefficient (Wildman–Crippen LogP) is 3.78. The van der Waals surface area contributed by atoms with Crippen molar-refractivity contribution in [3.8, 4) is 0 Å². The Hall–Kier alpha value is -0.880. The van der Waals surface area contributed by atoms with Crippen LogP contribution < -0.4 is 11.3 Å². The highest BCUT2D eigenvalue weighted by atomic mass is 127. The van der Waals surface area contributed by atoms with Crippen molar-refractivity contribution in [2.24, 2.45) is 5.84 Å². The van der Waals surface area contributed by atoms with E-state index >= 15 is 0 Å². The number of hydrogen-bond acceptors (Lipinski definition) is 3. The molecule has 4 heteroatoms. The van der Waals surface area contributed by atoms with Gasteiger partial charge in [0, 0.05) is 20.6 Å². The molecule has 0 bridgehead atoms. The van der Waals surface area contributed by atoms with E-state index in [1.54, 1.807) is 0 Å². The van der Waals surface area contributed by atoms with Crippen LogP contribution in [0.25, 0.3) is 10.9 Å². The zero-order chi connectivity index (χ0) is 12.5. The molecule has 3 rings (SSSR count). The molecule has 0 saturated heterocycles. The van der Waals surface area contributed by atoms with E-state index in [1.165, 1.54) is 34.9 Å². The standard InChI is InChI=1S/C14H16IN3/c15-11-7-3-6-10-13(18-16)8-12(17-14(10)11)9-4-1-2-5-9/h3,6-9H,1-2,4-5,16H2,(H,17,18). The molecular weight excluding hydrogens is 337 g/mol. The van der Waals surface area contributed by atoms with E-state index < -0.39 is 0 Å². The fraction of sp³-hybridized carbons (Fsp3) is 0.357. The lowest BCUT2D eigenvalue weighted by atomic mass is 10.0. The summed E-state index contributed by atoms with van der Waals surface area (Å²) in [7, 11) is 0. The van der Waals surface area contributed by atoms with Gasteiger partial charge in [-0.05, 0) is 47.6 Å². The van der Waals surface area contributed by atoms with Crippen LogP contribution in [-0.4, -0.2) is 4.98 Å². The van der Waals surface area contributed by atoms with Crippen LogP contribution >= 0.6 is 22.6 Å². The fourth-order valence-electron chi connectivity index (χ4n) is 2.78. The minimum atomic E-state index is 0.609. The average Bonchev–Trinajstić information content (AvgIpc) is 2.92. The van der Waals surface area contributed by atoms with Gasteiger partial charge in [-0.3, -0.25) is 10.8 Å². The molecule has 0 unspecified atom stereocenters. The maximum atomic E-state index is 5.65. The molecule has 0 atom stereocenters. The Morgan fingerprint density at radius 3 is 2.78 bits per heavy atom. The average molecular weight is 353 g/mol. The van der Waals surface area contributed by atoms with Crippen molar-refractivity contribution >= 4 is 39.2 Å². The summed E-state index contributed by atoms with van der Waals surface area (Å²) in [5.74, 6) is 6.26. The van der Waals surface area contributed by atoms with E-state index in [4.69, 9.17) is 10.8 Å². The lowest BCUT2D eigenvalue weighted by molar-refractivity contribution is 0.701. The summed E-state index contributed by atoms with van der Waals surface area (Å²) in [6.45, 7) is 0. The Bertz CT molecular complexity index is 577.